The smallest absolute Gasteiger partial charge is 0.189 e. The van der Waals surface area contributed by atoms with E-state index in [0.717, 1.165) is 5.56 Å². The van der Waals surface area contributed by atoms with Gasteiger partial charge in [-0.2, -0.15) is 0 Å². The van der Waals surface area contributed by atoms with E-state index in [9.17, 15) is 0 Å². The lowest BCUT2D eigenvalue weighted by Gasteiger charge is -2.41. The van der Waals surface area contributed by atoms with Crippen LogP contribution in [0.15, 0.2) is 30.3 Å². The molecule has 1 atom stereocenters. The number of nitrogens with one attached hydrogen (secondary N) is 2. The van der Waals surface area contributed by atoms with Crippen LogP contribution in [0, 0.1) is 0 Å². The van der Waals surface area contributed by atoms with Crippen molar-refractivity contribution in [1.82, 2.24) is 10.6 Å². The molecule has 1 fully saturated rings. The van der Waals surface area contributed by atoms with Crippen molar-refractivity contribution in [1.29, 1.82) is 0 Å². The zero-order valence-electron chi connectivity index (χ0n) is 11.3. The molecule has 1 aliphatic rings. The molecule has 0 aromatic heterocycles. The van der Waals surface area contributed by atoms with Gasteiger partial charge in [0.2, 0.25) is 0 Å². The lowest BCUT2D eigenvalue weighted by Crippen LogP contribution is -2.56. The fourth-order valence-electron chi connectivity index (χ4n) is 2.42. The molecule has 1 aliphatic heterocycles. The fraction of sp³-hybridized carbons (Fsp3) is 0.500. The molecule has 2 rings (SSSR count). The molecule has 0 bridgehead atoms. The summed E-state index contributed by atoms with van der Waals surface area (Å²) in [5, 5.41) is 7.22. The molecule has 0 aliphatic carbocycles. The Morgan fingerprint density at radius 3 is 2.17 bits per heavy atom. The van der Waals surface area contributed by atoms with Crippen molar-refractivity contribution in [2.45, 2.75) is 45.1 Å². The van der Waals surface area contributed by atoms with Gasteiger partial charge in [0.15, 0.2) is 10.8 Å². The maximum Gasteiger partial charge on any atom is 0.189 e. The maximum atomic E-state index is 6.21. The highest BCUT2D eigenvalue weighted by molar-refractivity contribution is 7.80. The SMILES string of the molecule is CC(C)OC1(c2ccccc2)NC(=S)NC1(C)C. The van der Waals surface area contributed by atoms with Crippen LogP contribution >= 0.6 is 12.2 Å². The molecule has 0 saturated carbocycles. The highest BCUT2D eigenvalue weighted by Crippen LogP contribution is 2.38. The summed E-state index contributed by atoms with van der Waals surface area (Å²) in [5.41, 5.74) is 0.144. The molecular formula is C14H20N2OS. The standard InChI is InChI=1S/C14H20N2OS/c1-10(2)17-14(11-8-6-5-7-9-11)13(3,4)15-12(18)16-14/h5-10H,1-4H3,(H2,15,16,18). The van der Waals surface area contributed by atoms with Crippen molar-refractivity contribution in [2.24, 2.45) is 0 Å². The summed E-state index contributed by atoms with van der Waals surface area (Å²) < 4.78 is 6.21. The summed E-state index contributed by atoms with van der Waals surface area (Å²) in [4.78, 5) is 0. The summed E-state index contributed by atoms with van der Waals surface area (Å²) in [5.74, 6) is 0. The molecule has 3 nitrogen and oxygen atoms in total. The second-order valence-corrected chi connectivity index (χ2v) is 5.83. The van der Waals surface area contributed by atoms with Gasteiger partial charge in [0, 0.05) is 5.56 Å². The first-order chi connectivity index (χ1) is 8.37. The minimum atomic E-state index is -0.625. The van der Waals surface area contributed by atoms with E-state index in [1.54, 1.807) is 0 Å². The van der Waals surface area contributed by atoms with E-state index >= 15 is 0 Å². The van der Waals surface area contributed by atoms with E-state index in [4.69, 9.17) is 17.0 Å². The number of hydrogen-bond donors (Lipinski definition) is 2. The van der Waals surface area contributed by atoms with Crippen LogP contribution in [0.1, 0.15) is 33.3 Å². The van der Waals surface area contributed by atoms with E-state index < -0.39 is 5.72 Å². The zero-order valence-corrected chi connectivity index (χ0v) is 12.1. The van der Waals surface area contributed by atoms with Crippen LogP contribution in [0.25, 0.3) is 0 Å². The van der Waals surface area contributed by atoms with Gasteiger partial charge in [-0.05, 0) is 39.9 Å². The molecule has 18 heavy (non-hydrogen) atoms. The quantitative estimate of drug-likeness (QED) is 0.822. The highest BCUT2D eigenvalue weighted by atomic mass is 32.1. The largest absolute Gasteiger partial charge is 0.353 e. The van der Waals surface area contributed by atoms with Gasteiger partial charge in [0.25, 0.3) is 0 Å². The van der Waals surface area contributed by atoms with Gasteiger partial charge >= 0.3 is 0 Å². The third kappa shape index (κ3) is 2.10. The molecule has 98 valence electrons. The summed E-state index contributed by atoms with van der Waals surface area (Å²) in [6, 6.07) is 10.2. The minimum Gasteiger partial charge on any atom is -0.353 e. The third-order valence-electron chi connectivity index (χ3n) is 3.19. The van der Waals surface area contributed by atoms with Gasteiger partial charge in [-0.25, -0.2) is 0 Å². The molecule has 0 amide bonds. The van der Waals surface area contributed by atoms with Crippen molar-refractivity contribution in [3.8, 4) is 0 Å². The average molecular weight is 264 g/mol. The lowest BCUT2D eigenvalue weighted by atomic mass is 9.85. The second kappa shape index (κ2) is 4.52. The van der Waals surface area contributed by atoms with Crippen LogP contribution in [0.3, 0.4) is 0 Å². The topological polar surface area (TPSA) is 33.3 Å². The Kier molecular flexibility index (Phi) is 3.34. The van der Waals surface area contributed by atoms with Gasteiger partial charge < -0.3 is 15.4 Å². The number of thiocarbonyl (C=S) groups is 1. The molecule has 1 saturated heterocycles. The van der Waals surface area contributed by atoms with Gasteiger partial charge in [0.1, 0.15) is 0 Å². The van der Waals surface area contributed by atoms with E-state index in [2.05, 4.69) is 36.6 Å². The van der Waals surface area contributed by atoms with Crippen LogP contribution in [-0.2, 0) is 10.5 Å². The van der Waals surface area contributed by atoms with Crippen molar-refractivity contribution in [2.75, 3.05) is 0 Å². The monoisotopic (exact) mass is 264 g/mol. The van der Waals surface area contributed by atoms with Gasteiger partial charge in [-0.3, -0.25) is 0 Å². The third-order valence-corrected chi connectivity index (χ3v) is 3.39. The Morgan fingerprint density at radius 2 is 1.72 bits per heavy atom. The number of hydrogen-bond acceptors (Lipinski definition) is 2. The molecule has 0 spiro atoms. The van der Waals surface area contributed by atoms with Gasteiger partial charge in [-0.1, -0.05) is 30.3 Å². The van der Waals surface area contributed by atoms with Crippen LogP contribution in [-0.4, -0.2) is 16.8 Å². The Bertz CT molecular complexity index is 444. The summed E-state index contributed by atoms with van der Waals surface area (Å²) in [6.45, 7) is 8.25. The second-order valence-electron chi connectivity index (χ2n) is 5.42. The predicted octanol–water partition coefficient (Wildman–Crippen LogP) is 2.52. The lowest BCUT2D eigenvalue weighted by molar-refractivity contribution is -0.128. The molecule has 1 unspecified atom stereocenters. The number of benzene rings is 1. The minimum absolute atomic E-state index is 0.0969. The highest BCUT2D eigenvalue weighted by Gasteiger charge is 2.54. The maximum absolute atomic E-state index is 6.21. The van der Waals surface area contributed by atoms with Crippen LogP contribution in [0.5, 0.6) is 0 Å². The van der Waals surface area contributed by atoms with E-state index in [-0.39, 0.29) is 11.6 Å². The van der Waals surface area contributed by atoms with Crippen LogP contribution < -0.4 is 10.6 Å². The fourth-order valence-corrected chi connectivity index (χ4v) is 2.82. The van der Waals surface area contributed by atoms with Crippen LogP contribution in [0.4, 0.5) is 0 Å². The summed E-state index contributed by atoms with van der Waals surface area (Å²) in [7, 11) is 0. The summed E-state index contributed by atoms with van der Waals surface area (Å²) >= 11 is 5.27. The normalized spacial score (nSPS) is 25.9. The Balaban J connectivity index is 2.51. The van der Waals surface area contributed by atoms with Crippen molar-refractivity contribution in [3.63, 3.8) is 0 Å². The first-order valence-electron chi connectivity index (χ1n) is 6.21. The first kappa shape index (κ1) is 13.3. The predicted molar refractivity (Wildman–Crippen MR) is 77.3 cm³/mol. The average Bonchev–Trinajstić information content (AvgIpc) is 2.49. The van der Waals surface area contributed by atoms with Crippen LogP contribution in [0.2, 0.25) is 0 Å². The molecule has 1 aromatic carbocycles. The van der Waals surface area contributed by atoms with Crippen molar-refractivity contribution >= 4 is 17.3 Å². The Hall–Kier alpha value is -1.13. The van der Waals surface area contributed by atoms with E-state index in [0.29, 0.717) is 5.11 Å². The molecule has 1 heterocycles. The first-order valence-corrected chi connectivity index (χ1v) is 6.62. The Morgan fingerprint density at radius 1 is 1.11 bits per heavy atom. The molecule has 1 aromatic rings. The van der Waals surface area contributed by atoms with Crippen molar-refractivity contribution < 1.29 is 4.74 Å². The zero-order chi connectivity index (χ0) is 13.4. The summed E-state index contributed by atoms with van der Waals surface area (Å²) in [6.07, 6.45) is 0.0969. The van der Waals surface area contributed by atoms with Gasteiger partial charge in [0.05, 0.1) is 11.6 Å². The van der Waals surface area contributed by atoms with Crippen molar-refractivity contribution in [3.05, 3.63) is 35.9 Å². The Labute approximate surface area is 114 Å². The number of rotatable bonds is 3. The van der Waals surface area contributed by atoms with Gasteiger partial charge in [-0.15, -0.1) is 0 Å². The molecule has 4 heteroatoms. The van der Waals surface area contributed by atoms with E-state index in [1.165, 1.54) is 0 Å². The molecule has 2 N–H and O–H groups in total. The molecular weight excluding hydrogens is 244 g/mol. The van der Waals surface area contributed by atoms with E-state index in [1.807, 2.05) is 32.0 Å². The molecule has 0 radical (unpaired) electrons. The number of ether oxygens (including phenoxy) is 1.